The first-order valence-corrected chi connectivity index (χ1v) is 7.11. The van der Waals surface area contributed by atoms with Gasteiger partial charge in [-0.05, 0) is 34.0 Å². The Labute approximate surface area is 125 Å². The van der Waals surface area contributed by atoms with Gasteiger partial charge in [0.2, 0.25) is 5.91 Å². The Morgan fingerprint density at radius 1 is 1.09 bits per heavy atom. The number of hydrogen-bond donors (Lipinski definition) is 0. The van der Waals surface area contributed by atoms with Crippen LogP contribution in [0.4, 0.5) is 0 Å². The van der Waals surface area contributed by atoms with Gasteiger partial charge in [0.1, 0.15) is 11.7 Å². The highest BCUT2D eigenvalue weighted by Crippen LogP contribution is 2.43. The number of imidazole rings is 1. The molecule has 22 heavy (non-hydrogen) atoms. The van der Waals surface area contributed by atoms with E-state index in [-0.39, 0.29) is 11.7 Å². The predicted octanol–water partition coefficient (Wildman–Crippen LogP) is 3.04. The third-order valence-corrected chi connectivity index (χ3v) is 4.48. The summed E-state index contributed by atoms with van der Waals surface area (Å²) in [7, 11) is 0. The first-order valence-electron chi connectivity index (χ1n) is 7.11. The van der Waals surface area contributed by atoms with Gasteiger partial charge in [0.05, 0.1) is 0 Å². The Bertz CT molecular complexity index is 1030. The van der Waals surface area contributed by atoms with Gasteiger partial charge >= 0.3 is 0 Å². The number of allylic oxidation sites excluding steroid dienone is 1. The lowest BCUT2D eigenvalue weighted by atomic mass is 9.78. The standard InChI is InChI=1S/C18H10N2O2/c21-14-6-5-12-11-4-2-1-3-10(11)9-13-15(12)16(14)18(22)20-8-7-19-17(13)20/h1-9,16H. The van der Waals surface area contributed by atoms with Gasteiger partial charge in [0.15, 0.2) is 5.78 Å². The summed E-state index contributed by atoms with van der Waals surface area (Å²) in [6, 6.07) is 10.0. The summed E-state index contributed by atoms with van der Waals surface area (Å²) >= 11 is 0. The van der Waals surface area contributed by atoms with Crippen molar-refractivity contribution in [1.82, 2.24) is 9.55 Å². The Balaban J connectivity index is 2.02. The van der Waals surface area contributed by atoms with Crippen LogP contribution in [0.2, 0.25) is 0 Å². The van der Waals surface area contributed by atoms with E-state index in [0.717, 1.165) is 27.5 Å². The molecular formula is C18H10N2O2. The zero-order valence-corrected chi connectivity index (χ0v) is 11.5. The predicted molar refractivity (Wildman–Crippen MR) is 82.6 cm³/mol. The molecule has 0 fully saturated rings. The van der Waals surface area contributed by atoms with Crippen LogP contribution in [0.25, 0.3) is 28.2 Å². The highest BCUT2D eigenvalue weighted by molar-refractivity contribution is 6.20. The van der Waals surface area contributed by atoms with Gasteiger partial charge in [-0.2, -0.15) is 0 Å². The number of nitrogens with zero attached hydrogens (tertiary/aromatic N) is 2. The number of carbonyl (C=O) groups is 2. The molecule has 1 aliphatic heterocycles. The largest absolute Gasteiger partial charge is 0.294 e. The molecule has 2 aromatic carbocycles. The van der Waals surface area contributed by atoms with Crippen molar-refractivity contribution in [3.05, 3.63) is 59.9 Å². The SMILES string of the molecule is O=C1C=Cc2c3c(cc4ccccc24)-c2nccn2C(=O)C13. The molecule has 0 spiro atoms. The molecule has 2 aliphatic rings. The maximum atomic E-state index is 12.7. The van der Waals surface area contributed by atoms with Gasteiger partial charge in [-0.25, -0.2) is 4.98 Å². The maximum Gasteiger partial charge on any atom is 0.247 e. The average molecular weight is 286 g/mol. The van der Waals surface area contributed by atoms with Crippen molar-refractivity contribution in [3.63, 3.8) is 0 Å². The van der Waals surface area contributed by atoms with Gasteiger partial charge < -0.3 is 0 Å². The zero-order chi connectivity index (χ0) is 14.8. The van der Waals surface area contributed by atoms with Crippen LogP contribution in [-0.2, 0) is 4.79 Å². The third-order valence-electron chi connectivity index (χ3n) is 4.48. The number of carbonyl (C=O) groups excluding carboxylic acids is 2. The van der Waals surface area contributed by atoms with E-state index in [4.69, 9.17) is 0 Å². The number of ketones is 1. The first kappa shape index (κ1) is 11.6. The van der Waals surface area contributed by atoms with Crippen molar-refractivity contribution in [2.45, 2.75) is 5.92 Å². The van der Waals surface area contributed by atoms with E-state index in [9.17, 15) is 9.59 Å². The minimum absolute atomic E-state index is 0.159. The summed E-state index contributed by atoms with van der Waals surface area (Å²) < 4.78 is 1.49. The number of aromatic nitrogens is 2. The second kappa shape index (κ2) is 3.80. The average Bonchev–Trinajstić information content (AvgIpc) is 3.03. The second-order valence-electron chi connectivity index (χ2n) is 5.60. The van der Waals surface area contributed by atoms with E-state index in [2.05, 4.69) is 4.98 Å². The quantitative estimate of drug-likeness (QED) is 0.597. The van der Waals surface area contributed by atoms with Crippen LogP contribution in [0.15, 0.2) is 48.8 Å². The smallest absolute Gasteiger partial charge is 0.247 e. The second-order valence-corrected chi connectivity index (χ2v) is 5.60. The molecular weight excluding hydrogens is 276 g/mol. The molecule has 1 aliphatic carbocycles. The summed E-state index contributed by atoms with van der Waals surface area (Å²) in [5.41, 5.74) is 2.64. The Kier molecular flexibility index (Phi) is 2.01. The van der Waals surface area contributed by atoms with Gasteiger partial charge in [0, 0.05) is 18.0 Å². The van der Waals surface area contributed by atoms with E-state index in [1.54, 1.807) is 12.4 Å². The zero-order valence-electron chi connectivity index (χ0n) is 11.5. The normalized spacial score (nSPS) is 18.5. The van der Waals surface area contributed by atoms with Gasteiger partial charge in [-0.1, -0.05) is 30.3 Å². The molecule has 4 nitrogen and oxygen atoms in total. The molecule has 0 amide bonds. The summed E-state index contributed by atoms with van der Waals surface area (Å²) in [6.07, 6.45) is 6.57. The first-order chi connectivity index (χ1) is 10.8. The molecule has 5 rings (SSSR count). The lowest BCUT2D eigenvalue weighted by Gasteiger charge is -2.28. The van der Waals surface area contributed by atoms with Crippen molar-refractivity contribution in [2.75, 3.05) is 0 Å². The van der Waals surface area contributed by atoms with Crippen molar-refractivity contribution < 1.29 is 9.59 Å². The minimum atomic E-state index is -0.749. The fourth-order valence-corrected chi connectivity index (χ4v) is 3.54. The molecule has 1 unspecified atom stereocenters. The molecule has 0 bridgehead atoms. The number of fused-ring (bicyclic) bond motifs is 4. The highest BCUT2D eigenvalue weighted by Gasteiger charge is 2.40. The van der Waals surface area contributed by atoms with Crippen molar-refractivity contribution in [3.8, 4) is 11.4 Å². The number of rotatable bonds is 0. The van der Waals surface area contributed by atoms with E-state index >= 15 is 0 Å². The van der Waals surface area contributed by atoms with Crippen LogP contribution in [0.3, 0.4) is 0 Å². The van der Waals surface area contributed by atoms with Gasteiger partial charge in [-0.15, -0.1) is 0 Å². The summed E-state index contributed by atoms with van der Waals surface area (Å²) in [5.74, 6) is -0.507. The molecule has 104 valence electrons. The van der Waals surface area contributed by atoms with Crippen LogP contribution in [0, 0.1) is 0 Å². The van der Waals surface area contributed by atoms with Crippen LogP contribution >= 0.6 is 0 Å². The van der Waals surface area contributed by atoms with Crippen LogP contribution in [-0.4, -0.2) is 21.2 Å². The molecule has 1 atom stereocenters. The molecule has 2 heterocycles. The highest BCUT2D eigenvalue weighted by atomic mass is 16.2. The summed E-state index contributed by atoms with van der Waals surface area (Å²) in [6.45, 7) is 0. The topological polar surface area (TPSA) is 52.0 Å². The van der Waals surface area contributed by atoms with Crippen molar-refractivity contribution in [2.24, 2.45) is 0 Å². The molecule has 0 N–H and O–H groups in total. The summed E-state index contributed by atoms with van der Waals surface area (Å²) in [4.78, 5) is 29.3. The fourth-order valence-electron chi connectivity index (χ4n) is 3.54. The van der Waals surface area contributed by atoms with E-state index < -0.39 is 5.92 Å². The molecule has 3 aromatic rings. The van der Waals surface area contributed by atoms with E-state index in [1.165, 1.54) is 10.6 Å². The van der Waals surface area contributed by atoms with E-state index in [1.807, 2.05) is 36.4 Å². The lowest BCUT2D eigenvalue weighted by molar-refractivity contribution is -0.115. The van der Waals surface area contributed by atoms with Crippen LogP contribution in [0.1, 0.15) is 21.8 Å². The Morgan fingerprint density at radius 2 is 1.95 bits per heavy atom. The van der Waals surface area contributed by atoms with Crippen molar-refractivity contribution in [1.29, 1.82) is 0 Å². The van der Waals surface area contributed by atoms with Crippen molar-refractivity contribution >= 4 is 28.5 Å². The minimum Gasteiger partial charge on any atom is -0.294 e. The lowest BCUT2D eigenvalue weighted by Crippen LogP contribution is -2.32. The Morgan fingerprint density at radius 3 is 2.86 bits per heavy atom. The Hall–Kier alpha value is -3.01. The van der Waals surface area contributed by atoms with E-state index in [0.29, 0.717) is 5.82 Å². The maximum absolute atomic E-state index is 12.7. The number of benzene rings is 2. The van der Waals surface area contributed by atoms with Crippen LogP contribution in [0.5, 0.6) is 0 Å². The molecule has 1 aromatic heterocycles. The molecule has 0 saturated carbocycles. The fraction of sp³-hybridized carbons (Fsp3) is 0.0556. The van der Waals surface area contributed by atoms with Gasteiger partial charge in [0.25, 0.3) is 0 Å². The van der Waals surface area contributed by atoms with Gasteiger partial charge in [-0.3, -0.25) is 14.2 Å². The molecule has 0 radical (unpaired) electrons. The van der Waals surface area contributed by atoms with Crippen LogP contribution < -0.4 is 0 Å². The third kappa shape index (κ3) is 1.25. The molecule has 0 saturated heterocycles. The number of hydrogen-bond acceptors (Lipinski definition) is 3. The monoisotopic (exact) mass is 286 g/mol. The molecule has 4 heteroatoms. The summed E-state index contributed by atoms with van der Waals surface area (Å²) in [5, 5.41) is 2.14.